The third-order valence-corrected chi connectivity index (χ3v) is 4.57. The number of hydrogen-bond acceptors (Lipinski definition) is 2. The molecule has 0 saturated heterocycles. The second-order valence-corrected chi connectivity index (χ2v) is 6.04. The normalized spacial score (nSPS) is 11.0. The average molecular weight is 361 g/mol. The molecule has 3 aromatic rings. The Hall–Kier alpha value is -2.53. The Balaban J connectivity index is 2.51. The molecule has 0 unspecified atom stereocenters. The highest BCUT2D eigenvalue weighted by Crippen LogP contribution is 2.38. The fourth-order valence-corrected chi connectivity index (χ4v) is 3.32. The van der Waals surface area contributed by atoms with Gasteiger partial charge in [0.05, 0.1) is 16.2 Å². The third kappa shape index (κ3) is 2.85. The quantitative estimate of drug-likeness (QED) is 0.698. The van der Waals surface area contributed by atoms with Crippen LogP contribution >= 0.6 is 11.6 Å². The topological polar surface area (TPSA) is 45.5 Å². The molecule has 0 aliphatic rings. The highest BCUT2D eigenvalue weighted by Gasteiger charge is 2.27. The number of halogens is 2. The van der Waals surface area contributed by atoms with Crippen molar-refractivity contribution in [2.75, 3.05) is 18.0 Å². The molecule has 0 fully saturated rings. The molecule has 0 saturated carbocycles. The van der Waals surface area contributed by atoms with Gasteiger partial charge in [-0.3, -0.25) is 0 Å². The maximum Gasteiger partial charge on any atom is 0.355 e. The number of benzene rings is 2. The Morgan fingerprint density at radius 1 is 1.20 bits per heavy atom. The van der Waals surface area contributed by atoms with Crippen LogP contribution in [-0.2, 0) is 0 Å². The number of aromatic nitrogens is 1. The maximum absolute atomic E-state index is 14.1. The van der Waals surface area contributed by atoms with Crippen molar-refractivity contribution in [3.63, 3.8) is 0 Å². The van der Waals surface area contributed by atoms with E-state index in [9.17, 15) is 14.3 Å². The minimum Gasteiger partial charge on any atom is -0.476 e. The van der Waals surface area contributed by atoms with Crippen LogP contribution < -0.4 is 4.90 Å². The number of aromatic carboxylic acids is 1. The van der Waals surface area contributed by atoms with Gasteiger partial charge in [0.1, 0.15) is 5.82 Å². The fourth-order valence-electron chi connectivity index (χ4n) is 3.17. The number of carboxylic acids is 1. The molecule has 0 amide bonds. The van der Waals surface area contributed by atoms with Crippen LogP contribution in [0.4, 0.5) is 10.1 Å². The summed E-state index contributed by atoms with van der Waals surface area (Å²) in [6.07, 6.45) is 0. The van der Waals surface area contributed by atoms with Crippen molar-refractivity contribution >= 4 is 34.2 Å². The van der Waals surface area contributed by atoms with Crippen molar-refractivity contribution in [3.05, 3.63) is 59.0 Å². The zero-order valence-corrected chi connectivity index (χ0v) is 14.7. The Bertz CT molecular complexity index is 934. The van der Waals surface area contributed by atoms with E-state index in [0.717, 1.165) is 0 Å². The van der Waals surface area contributed by atoms with Crippen molar-refractivity contribution < 1.29 is 14.3 Å². The molecule has 4 nitrogen and oxygen atoms in total. The van der Waals surface area contributed by atoms with Gasteiger partial charge in [-0.15, -0.1) is 0 Å². The summed E-state index contributed by atoms with van der Waals surface area (Å²) in [6.45, 7) is 5.09. The lowest BCUT2D eigenvalue weighted by Gasteiger charge is -2.21. The van der Waals surface area contributed by atoms with E-state index in [1.165, 1.54) is 12.1 Å². The van der Waals surface area contributed by atoms with Crippen LogP contribution in [-0.4, -0.2) is 28.7 Å². The first kappa shape index (κ1) is 17.3. The third-order valence-electron chi connectivity index (χ3n) is 4.28. The van der Waals surface area contributed by atoms with E-state index < -0.39 is 11.8 Å². The predicted molar refractivity (Wildman–Crippen MR) is 98.8 cm³/mol. The molecular formula is C19H18ClFN2O2. The summed E-state index contributed by atoms with van der Waals surface area (Å²) in [6, 6.07) is 11.9. The summed E-state index contributed by atoms with van der Waals surface area (Å²) in [7, 11) is 0. The first-order valence-electron chi connectivity index (χ1n) is 8.06. The van der Waals surface area contributed by atoms with Crippen LogP contribution in [0.25, 0.3) is 16.6 Å². The van der Waals surface area contributed by atoms with Gasteiger partial charge in [0.15, 0.2) is 5.69 Å². The van der Waals surface area contributed by atoms with Gasteiger partial charge in [-0.05, 0) is 38.1 Å². The Kier molecular flexibility index (Phi) is 4.68. The molecule has 0 aliphatic heterocycles. The first-order valence-corrected chi connectivity index (χ1v) is 8.44. The molecule has 0 spiro atoms. The minimum atomic E-state index is -1.07. The zero-order valence-electron chi connectivity index (χ0n) is 14.0. The lowest BCUT2D eigenvalue weighted by Crippen LogP contribution is -2.24. The zero-order chi connectivity index (χ0) is 18.1. The summed E-state index contributed by atoms with van der Waals surface area (Å²) in [5.74, 6) is -1.64. The van der Waals surface area contributed by atoms with Gasteiger partial charge in [0.2, 0.25) is 0 Å². The van der Waals surface area contributed by atoms with Crippen molar-refractivity contribution in [1.82, 2.24) is 4.57 Å². The van der Waals surface area contributed by atoms with Gasteiger partial charge < -0.3 is 14.6 Å². The van der Waals surface area contributed by atoms with Crippen molar-refractivity contribution in [3.8, 4) is 5.69 Å². The van der Waals surface area contributed by atoms with E-state index in [0.29, 0.717) is 35.4 Å². The molecule has 130 valence electrons. The highest BCUT2D eigenvalue weighted by atomic mass is 35.5. The summed E-state index contributed by atoms with van der Waals surface area (Å²) in [5, 5.41) is 10.4. The van der Waals surface area contributed by atoms with E-state index in [-0.39, 0.29) is 10.7 Å². The van der Waals surface area contributed by atoms with E-state index in [1.807, 2.05) is 49.1 Å². The van der Waals surface area contributed by atoms with Gasteiger partial charge in [0.25, 0.3) is 0 Å². The lowest BCUT2D eigenvalue weighted by molar-refractivity contribution is 0.0689. The number of para-hydroxylation sites is 1. The van der Waals surface area contributed by atoms with E-state index in [1.54, 1.807) is 4.57 Å². The van der Waals surface area contributed by atoms with Gasteiger partial charge in [-0.25, -0.2) is 9.18 Å². The largest absolute Gasteiger partial charge is 0.476 e. The molecule has 0 radical (unpaired) electrons. The second kappa shape index (κ2) is 6.76. The SMILES string of the molecule is CCN(CC)c1c(C(=O)O)n(-c2ccccc2)c2cc(Cl)c(F)cc12. The molecule has 2 aromatic carbocycles. The number of fused-ring (bicyclic) bond motifs is 1. The minimum absolute atomic E-state index is 0.0368. The lowest BCUT2D eigenvalue weighted by atomic mass is 10.2. The molecule has 1 aromatic heterocycles. The molecule has 3 rings (SSSR count). The van der Waals surface area contributed by atoms with Crippen molar-refractivity contribution in [2.45, 2.75) is 13.8 Å². The molecular weight excluding hydrogens is 343 g/mol. The van der Waals surface area contributed by atoms with Crippen molar-refractivity contribution in [1.29, 1.82) is 0 Å². The van der Waals surface area contributed by atoms with Crippen molar-refractivity contribution in [2.24, 2.45) is 0 Å². The van der Waals surface area contributed by atoms with Gasteiger partial charge in [0, 0.05) is 24.2 Å². The summed E-state index contributed by atoms with van der Waals surface area (Å²) in [5.41, 5.74) is 1.86. The van der Waals surface area contributed by atoms with Crippen LogP contribution in [0.15, 0.2) is 42.5 Å². The summed E-state index contributed by atoms with van der Waals surface area (Å²) in [4.78, 5) is 14.0. The van der Waals surface area contributed by atoms with E-state index in [2.05, 4.69) is 0 Å². The average Bonchev–Trinajstić information content (AvgIpc) is 2.92. The van der Waals surface area contributed by atoms with Crippen LogP contribution in [0, 0.1) is 5.82 Å². The van der Waals surface area contributed by atoms with Gasteiger partial charge in [-0.1, -0.05) is 29.8 Å². The van der Waals surface area contributed by atoms with E-state index in [4.69, 9.17) is 11.6 Å². The molecule has 25 heavy (non-hydrogen) atoms. The smallest absolute Gasteiger partial charge is 0.355 e. The molecule has 0 atom stereocenters. The maximum atomic E-state index is 14.1. The Morgan fingerprint density at radius 2 is 1.84 bits per heavy atom. The van der Waals surface area contributed by atoms with Gasteiger partial charge >= 0.3 is 5.97 Å². The molecule has 6 heteroatoms. The number of carbonyl (C=O) groups is 1. The molecule has 1 heterocycles. The number of hydrogen-bond donors (Lipinski definition) is 1. The summed E-state index contributed by atoms with van der Waals surface area (Å²) < 4.78 is 15.8. The monoisotopic (exact) mass is 360 g/mol. The number of rotatable bonds is 5. The Labute approximate surface area is 150 Å². The highest BCUT2D eigenvalue weighted by molar-refractivity contribution is 6.31. The van der Waals surface area contributed by atoms with E-state index >= 15 is 0 Å². The van der Waals surface area contributed by atoms with Gasteiger partial charge in [-0.2, -0.15) is 0 Å². The molecule has 1 N–H and O–H groups in total. The predicted octanol–water partition coefficient (Wildman–Crippen LogP) is 4.97. The molecule has 0 aliphatic carbocycles. The number of anilines is 1. The first-order chi connectivity index (χ1) is 12.0. The second-order valence-electron chi connectivity index (χ2n) is 5.63. The number of nitrogens with zero attached hydrogens (tertiary/aromatic N) is 2. The fraction of sp³-hybridized carbons (Fsp3) is 0.211. The van der Waals surface area contributed by atoms with Crippen LogP contribution in [0.1, 0.15) is 24.3 Å². The molecule has 0 bridgehead atoms. The standard InChI is InChI=1S/C19H18ClFN2O2/c1-3-22(4-2)17-13-10-15(21)14(20)11-16(13)23(18(17)19(24)25)12-8-6-5-7-9-12/h5-11H,3-4H2,1-2H3,(H,24,25). The van der Waals surface area contributed by atoms with Crippen LogP contribution in [0.5, 0.6) is 0 Å². The summed E-state index contributed by atoms with van der Waals surface area (Å²) >= 11 is 5.99. The van der Waals surface area contributed by atoms with Crippen LogP contribution in [0.3, 0.4) is 0 Å². The number of carboxylic acid groups (broad SMARTS) is 1. The van der Waals surface area contributed by atoms with Crippen LogP contribution in [0.2, 0.25) is 5.02 Å². The Morgan fingerprint density at radius 3 is 2.40 bits per heavy atom.